The van der Waals surface area contributed by atoms with E-state index in [9.17, 15) is 0 Å². The first-order valence-corrected chi connectivity index (χ1v) is 9.45. The number of aromatic nitrogens is 2. The molecule has 0 saturated heterocycles. The summed E-state index contributed by atoms with van der Waals surface area (Å²) >= 11 is 1.69. The molecule has 2 aromatic heterocycles. The lowest BCUT2D eigenvalue weighted by atomic mass is 10.1. The Labute approximate surface area is 157 Å². The second kappa shape index (κ2) is 8.62. The van der Waals surface area contributed by atoms with Crippen LogP contribution in [-0.4, -0.2) is 23.0 Å². The van der Waals surface area contributed by atoms with Crippen LogP contribution in [0.15, 0.2) is 45.3 Å². The van der Waals surface area contributed by atoms with Gasteiger partial charge in [0.1, 0.15) is 6.26 Å². The van der Waals surface area contributed by atoms with Gasteiger partial charge in [-0.25, -0.2) is 9.97 Å². The van der Waals surface area contributed by atoms with Crippen LogP contribution in [0.1, 0.15) is 28.9 Å². The summed E-state index contributed by atoms with van der Waals surface area (Å²) < 4.78 is 5.58. The van der Waals surface area contributed by atoms with Gasteiger partial charge in [0.2, 0.25) is 5.89 Å². The van der Waals surface area contributed by atoms with Crippen LogP contribution in [-0.2, 0) is 19.5 Å². The van der Waals surface area contributed by atoms with Crippen molar-refractivity contribution in [3.8, 4) is 11.5 Å². The highest BCUT2D eigenvalue weighted by Gasteiger charge is 2.08. The van der Waals surface area contributed by atoms with Crippen molar-refractivity contribution in [2.45, 2.75) is 33.4 Å². The molecule has 6 nitrogen and oxygen atoms in total. The van der Waals surface area contributed by atoms with Gasteiger partial charge in [-0.05, 0) is 25.5 Å². The van der Waals surface area contributed by atoms with Crippen molar-refractivity contribution < 1.29 is 4.42 Å². The van der Waals surface area contributed by atoms with E-state index in [-0.39, 0.29) is 0 Å². The molecule has 0 spiro atoms. The lowest BCUT2D eigenvalue weighted by Gasteiger charge is -2.09. The molecule has 0 aliphatic heterocycles. The number of thiazole rings is 1. The molecule has 26 heavy (non-hydrogen) atoms. The van der Waals surface area contributed by atoms with Crippen LogP contribution < -0.4 is 10.6 Å². The van der Waals surface area contributed by atoms with E-state index >= 15 is 0 Å². The Bertz CT molecular complexity index is 866. The monoisotopic (exact) mass is 369 g/mol. The van der Waals surface area contributed by atoms with E-state index < -0.39 is 0 Å². The second-order valence-corrected chi connectivity index (χ2v) is 6.82. The van der Waals surface area contributed by atoms with Gasteiger partial charge in [-0.1, -0.05) is 24.6 Å². The number of nitrogens with one attached hydrogen (secondary N) is 2. The third-order valence-corrected chi connectivity index (χ3v) is 4.89. The molecule has 0 aliphatic rings. The number of nitrogens with zero attached hydrogens (tertiary/aromatic N) is 3. The first-order valence-electron chi connectivity index (χ1n) is 8.57. The van der Waals surface area contributed by atoms with Crippen LogP contribution in [0.5, 0.6) is 0 Å². The first kappa shape index (κ1) is 18.1. The molecule has 0 saturated carbocycles. The second-order valence-electron chi connectivity index (χ2n) is 5.88. The van der Waals surface area contributed by atoms with Crippen molar-refractivity contribution in [3.63, 3.8) is 0 Å². The van der Waals surface area contributed by atoms with Gasteiger partial charge in [-0.3, -0.25) is 4.99 Å². The Morgan fingerprint density at radius 1 is 1.12 bits per heavy atom. The van der Waals surface area contributed by atoms with Gasteiger partial charge in [-0.2, -0.15) is 0 Å². The average molecular weight is 369 g/mol. The average Bonchev–Trinajstić information content (AvgIpc) is 3.32. The number of rotatable bonds is 6. The van der Waals surface area contributed by atoms with Gasteiger partial charge in [0.25, 0.3) is 0 Å². The molecule has 1 aromatic carbocycles. The topological polar surface area (TPSA) is 75.3 Å². The van der Waals surface area contributed by atoms with Crippen molar-refractivity contribution in [1.82, 2.24) is 20.6 Å². The maximum atomic E-state index is 5.58. The smallest absolute Gasteiger partial charge is 0.226 e. The molecule has 0 bridgehead atoms. The predicted molar refractivity (Wildman–Crippen MR) is 105 cm³/mol. The van der Waals surface area contributed by atoms with E-state index in [1.165, 1.54) is 5.56 Å². The summed E-state index contributed by atoms with van der Waals surface area (Å²) in [4.78, 5) is 13.3. The minimum absolute atomic E-state index is 0.534. The third-order valence-electron chi connectivity index (χ3n) is 3.85. The number of oxazole rings is 1. The molecular weight excluding hydrogens is 346 g/mol. The first-order chi connectivity index (χ1) is 12.7. The van der Waals surface area contributed by atoms with Gasteiger partial charge >= 0.3 is 0 Å². The van der Waals surface area contributed by atoms with E-state index in [0.717, 1.165) is 28.4 Å². The maximum absolute atomic E-state index is 5.58. The van der Waals surface area contributed by atoms with Crippen molar-refractivity contribution in [2.24, 2.45) is 4.99 Å². The van der Waals surface area contributed by atoms with Gasteiger partial charge < -0.3 is 15.1 Å². The Kier molecular flexibility index (Phi) is 6.01. The molecule has 2 N–H and O–H groups in total. The molecule has 0 aliphatic carbocycles. The van der Waals surface area contributed by atoms with Crippen LogP contribution in [0, 0.1) is 6.92 Å². The highest BCUT2D eigenvalue weighted by molar-refractivity contribution is 7.09. The van der Waals surface area contributed by atoms with Gasteiger partial charge in [0.05, 0.1) is 29.5 Å². The van der Waals surface area contributed by atoms with E-state index in [2.05, 4.69) is 44.8 Å². The number of aliphatic imine (C=N–C) groups is 1. The zero-order valence-electron chi connectivity index (χ0n) is 15.2. The summed E-state index contributed by atoms with van der Waals surface area (Å²) in [6, 6.07) is 8.12. The molecule has 7 heteroatoms. The minimum Gasteiger partial charge on any atom is -0.444 e. The van der Waals surface area contributed by atoms with Gasteiger partial charge in [0, 0.05) is 18.0 Å². The number of aryl methyl sites for hydroxylation is 2. The number of guanidine groups is 1. The summed E-state index contributed by atoms with van der Waals surface area (Å²) in [5.41, 5.74) is 4.03. The Morgan fingerprint density at radius 2 is 1.85 bits per heavy atom. The highest BCUT2D eigenvalue weighted by Crippen LogP contribution is 2.19. The standard InChI is InChI=1S/C19H23N5OS/c1-4-17-23-16(12-26-17)10-22-19(20-3)21-9-15-11-25-18(24-15)14-7-5-13(2)6-8-14/h5-8,11-12H,4,9-10H2,1-3H3,(H2,20,21,22). The molecule has 0 atom stereocenters. The van der Waals surface area contributed by atoms with Gasteiger partial charge in [-0.15, -0.1) is 11.3 Å². The van der Waals surface area contributed by atoms with Crippen molar-refractivity contribution in [2.75, 3.05) is 7.05 Å². The molecule has 0 amide bonds. The van der Waals surface area contributed by atoms with Crippen LogP contribution in [0.2, 0.25) is 0 Å². The fourth-order valence-corrected chi connectivity index (χ4v) is 3.12. The van der Waals surface area contributed by atoms with E-state index in [4.69, 9.17) is 4.42 Å². The lowest BCUT2D eigenvalue weighted by Crippen LogP contribution is -2.36. The van der Waals surface area contributed by atoms with Crippen LogP contribution in [0.25, 0.3) is 11.5 Å². The molecular formula is C19H23N5OS. The molecule has 136 valence electrons. The number of hydrogen-bond donors (Lipinski definition) is 2. The third kappa shape index (κ3) is 4.70. The summed E-state index contributed by atoms with van der Waals surface area (Å²) in [7, 11) is 1.74. The van der Waals surface area contributed by atoms with Gasteiger partial charge in [0.15, 0.2) is 5.96 Å². The molecule has 3 aromatic rings. The minimum atomic E-state index is 0.534. The van der Waals surface area contributed by atoms with E-state index in [0.29, 0.717) is 24.9 Å². The number of hydrogen-bond acceptors (Lipinski definition) is 5. The van der Waals surface area contributed by atoms with Crippen LogP contribution in [0.4, 0.5) is 0 Å². The van der Waals surface area contributed by atoms with E-state index in [1.54, 1.807) is 24.6 Å². The zero-order chi connectivity index (χ0) is 18.4. The summed E-state index contributed by atoms with van der Waals surface area (Å²) in [6.45, 7) is 5.34. The molecule has 0 unspecified atom stereocenters. The Morgan fingerprint density at radius 3 is 2.50 bits per heavy atom. The normalized spacial score (nSPS) is 11.6. The number of benzene rings is 1. The highest BCUT2D eigenvalue weighted by atomic mass is 32.1. The Hall–Kier alpha value is -2.67. The van der Waals surface area contributed by atoms with Crippen molar-refractivity contribution >= 4 is 17.3 Å². The fraction of sp³-hybridized carbons (Fsp3) is 0.316. The lowest BCUT2D eigenvalue weighted by molar-refractivity contribution is 0.572. The quantitative estimate of drug-likeness (QED) is 0.513. The summed E-state index contributed by atoms with van der Waals surface area (Å²) in [6.07, 6.45) is 2.64. The SMILES string of the molecule is CCc1nc(CNC(=NC)NCc2coc(-c3ccc(C)cc3)n2)cs1. The predicted octanol–water partition coefficient (Wildman–Crippen LogP) is 3.53. The fourth-order valence-electron chi connectivity index (χ4n) is 2.38. The van der Waals surface area contributed by atoms with Crippen LogP contribution in [0.3, 0.4) is 0 Å². The molecule has 0 fully saturated rings. The van der Waals surface area contributed by atoms with Crippen molar-refractivity contribution in [3.05, 3.63) is 57.9 Å². The van der Waals surface area contributed by atoms with Crippen LogP contribution >= 0.6 is 11.3 Å². The molecule has 0 radical (unpaired) electrons. The zero-order valence-corrected chi connectivity index (χ0v) is 16.1. The largest absolute Gasteiger partial charge is 0.444 e. The summed E-state index contributed by atoms with van der Waals surface area (Å²) in [5.74, 6) is 1.33. The van der Waals surface area contributed by atoms with Crippen molar-refractivity contribution in [1.29, 1.82) is 0 Å². The Balaban J connectivity index is 1.53. The maximum Gasteiger partial charge on any atom is 0.226 e. The molecule has 3 rings (SSSR count). The summed E-state index contributed by atoms with van der Waals surface area (Å²) in [5, 5.41) is 9.73. The molecule has 2 heterocycles. The van der Waals surface area contributed by atoms with E-state index in [1.807, 2.05) is 24.3 Å².